The van der Waals surface area contributed by atoms with Gasteiger partial charge in [0.1, 0.15) is 12.4 Å². The first kappa shape index (κ1) is 31.6. The zero-order valence-corrected chi connectivity index (χ0v) is 24.1. The van der Waals surface area contributed by atoms with Gasteiger partial charge in [0.25, 0.3) is 5.69 Å². The van der Waals surface area contributed by atoms with E-state index in [1.54, 1.807) is 6.08 Å². The fraction of sp³-hybridized carbons (Fsp3) is 0.242. The van der Waals surface area contributed by atoms with Crippen LogP contribution in [0.25, 0.3) is 11.1 Å². The van der Waals surface area contributed by atoms with Crippen molar-refractivity contribution in [3.05, 3.63) is 119 Å². The summed E-state index contributed by atoms with van der Waals surface area (Å²) in [5.74, 6) is -0.676. The van der Waals surface area contributed by atoms with E-state index in [2.05, 4.69) is 29.1 Å². The molecule has 0 fully saturated rings. The summed E-state index contributed by atoms with van der Waals surface area (Å²) >= 11 is 0. The summed E-state index contributed by atoms with van der Waals surface area (Å²) in [6.45, 7) is 7.49. The van der Waals surface area contributed by atoms with Crippen molar-refractivity contribution in [2.45, 2.75) is 31.3 Å². The Hall–Kier alpha value is -5.29. The lowest BCUT2D eigenvalue weighted by Crippen LogP contribution is -2.46. The molecular weight excluding hydrogens is 564 g/mol. The Balaban J connectivity index is 1.32. The molecule has 1 aliphatic carbocycles. The minimum atomic E-state index is -1.01. The molecule has 2 amide bonds. The summed E-state index contributed by atoms with van der Waals surface area (Å²) in [7, 11) is 0. The van der Waals surface area contributed by atoms with Crippen LogP contribution in [0.2, 0.25) is 0 Å². The number of nitrogens with zero attached hydrogens (tertiary/aromatic N) is 1. The minimum Gasteiger partial charge on any atom is -0.449 e. The molecule has 0 aliphatic heterocycles. The monoisotopic (exact) mass is 598 g/mol. The Morgan fingerprint density at radius 3 is 2.25 bits per heavy atom. The topological polar surface area (TPSA) is 149 Å². The van der Waals surface area contributed by atoms with Gasteiger partial charge in [-0.15, -0.1) is 13.2 Å². The van der Waals surface area contributed by atoms with E-state index >= 15 is 0 Å². The molecule has 11 nitrogen and oxygen atoms in total. The van der Waals surface area contributed by atoms with Crippen molar-refractivity contribution >= 4 is 23.7 Å². The number of alkyl carbamates (subject to hydrolysis) is 1. The van der Waals surface area contributed by atoms with Crippen molar-refractivity contribution in [3.63, 3.8) is 0 Å². The highest BCUT2D eigenvalue weighted by molar-refractivity contribution is 5.91. The number of hydrogen-bond acceptors (Lipinski definition) is 8. The van der Waals surface area contributed by atoms with E-state index in [9.17, 15) is 24.5 Å². The molecule has 3 N–H and O–H groups in total. The Bertz CT molecular complexity index is 1510. The van der Waals surface area contributed by atoms with Gasteiger partial charge in [-0.25, -0.2) is 9.59 Å². The molecule has 0 unspecified atom stereocenters. The van der Waals surface area contributed by atoms with Gasteiger partial charge in [-0.05, 0) is 47.7 Å². The first-order valence-corrected chi connectivity index (χ1v) is 14.1. The molecule has 3 aromatic rings. The third-order valence-corrected chi connectivity index (χ3v) is 7.17. The number of benzene rings is 3. The highest BCUT2D eigenvalue weighted by Gasteiger charge is 2.30. The van der Waals surface area contributed by atoms with Crippen molar-refractivity contribution in [1.82, 2.24) is 16.0 Å². The number of Topliss-reactive ketones (excluding diaryl/α,β-unsaturated/α-hetero) is 1. The maximum absolute atomic E-state index is 12.9. The molecule has 1 atom stereocenters. The summed E-state index contributed by atoms with van der Waals surface area (Å²) in [4.78, 5) is 49.2. The standard InChI is InChI=1S/C33H34N4O7/c1-3-5-18-34-19-26-29(37(41)42)16-10-17-31(26)44-32(39)35-20-30(38)28(11-4-2)36-33(40)43-21-27-24-14-8-6-12-22(24)23-13-7-9-15-25(23)27/h3-4,6-10,12-17,27-28,34H,1-2,5,11,18-21H2,(H,35,39)(H,36,40)/t28-/m0/s1. The summed E-state index contributed by atoms with van der Waals surface area (Å²) in [5, 5.41) is 19.5. The Morgan fingerprint density at radius 2 is 1.61 bits per heavy atom. The lowest BCUT2D eigenvalue weighted by atomic mass is 9.98. The minimum absolute atomic E-state index is 0.0188. The van der Waals surface area contributed by atoms with E-state index in [1.165, 1.54) is 24.3 Å². The molecule has 3 aromatic carbocycles. The zero-order valence-electron chi connectivity index (χ0n) is 24.1. The van der Waals surface area contributed by atoms with Crippen LogP contribution in [-0.2, 0) is 16.1 Å². The molecule has 0 bridgehead atoms. The van der Waals surface area contributed by atoms with Gasteiger partial charge in [0.15, 0.2) is 5.78 Å². The average Bonchev–Trinajstić information content (AvgIpc) is 3.34. The lowest BCUT2D eigenvalue weighted by Gasteiger charge is -2.18. The van der Waals surface area contributed by atoms with Crippen LogP contribution in [0.5, 0.6) is 5.75 Å². The summed E-state index contributed by atoms with van der Waals surface area (Å²) in [5.41, 5.74) is 4.28. The fourth-order valence-electron chi connectivity index (χ4n) is 5.05. The fourth-order valence-corrected chi connectivity index (χ4v) is 5.05. The van der Waals surface area contributed by atoms with E-state index in [0.29, 0.717) is 13.0 Å². The molecule has 4 rings (SSSR count). The van der Waals surface area contributed by atoms with Gasteiger partial charge in [0.2, 0.25) is 0 Å². The second kappa shape index (κ2) is 15.3. The number of nitrogens with one attached hydrogen (secondary N) is 3. The van der Waals surface area contributed by atoms with Crippen molar-refractivity contribution in [2.24, 2.45) is 0 Å². The molecule has 0 spiro atoms. The number of ketones is 1. The highest BCUT2D eigenvalue weighted by Crippen LogP contribution is 2.44. The highest BCUT2D eigenvalue weighted by atomic mass is 16.6. The van der Waals surface area contributed by atoms with Crippen LogP contribution < -0.4 is 20.7 Å². The number of hydrogen-bond donors (Lipinski definition) is 3. The third-order valence-electron chi connectivity index (χ3n) is 7.17. The van der Waals surface area contributed by atoms with E-state index in [1.807, 2.05) is 48.5 Å². The van der Waals surface area contributed by atoms with Crippen LogP contribution in [0.15, 0.2) is 92.0 Å². The van der Waals surface area contributed by atoms with Gasteiger partial charge < -0.3 is 25.4 Å². The first-order chi connectivity index (χ1) is 21.3. The van der Waals surface area contributed by atoms with Crippen LogP contribution in [0.4, 0.5) is 15.3 Å². The zero-order chi connectivity index (χ0) is 31.5. The summed E-state index contributed by atoms with van der Waals surface area (Å²) in [6.07, 6.45) is 2.17. The molecule has 0 heterocycles. The Labute approximate surface area is 255 Å². The number of rotatable bonds is 15. The van der Waals surface area contributed by atoms with Crippen LogP contribution in [0.3, 0.4) is 0 Å². The van der Waals surface area contributed by atoms with Crippen molar-refractivity contribution < 1.29 is 28.8 Å². The molecule has 0 aromatic heterocycles. The molecule has 0 saturated heterocycles. The van der Waals surface area contributed by atoms with Crippen molar-refractivity contribution in [2.75, 3.05) is 19.7 Å². The number of nitro groups is 1. The number of nitro benzene ring substituents is 1. The third kappa shape index (κ3) is 7.75. The SMILES string of the molecule is C=CCCNCc1c(OC(=O)NCC(=O)[C@H](CC=C)NC(=O)OCC2c3ccccc3-c3ccccc32)cccc1[N+](=O)[O-]. The summed E-state index contributed by atoms with van der Waals surface area (Å²) in [6, 6.07) is 19.0. The number of amides is 2. The predicted octanol–water partition coefficient (Wildman–Crippen LogP) is 5.40. The van der Waals surface area contributed by atoms with E-state index in [4.69, 9.17) is 9.47 Å². The van der Waals surface area contributed by atoms with Crippen molar-refractivity contribution in [1.29, 1.82) is 0 Å². The number of ether oxygens (including phenoxy) is 2. The van der Waals surface area contributed by atoms with Gasteiger partial charge in [-0.1, -0.05) is 66.7 Å². The van der Waals surface area contributed by atoms with Crippen LogP contribution in [0, 0.1) is 10.1 Å². The molecule has 0 saturated carbocycles. The second-order valence-electron chi connectivity index (χ2n) is 10.0. The predicted molar refractivity (Wildman–Crippen MR) is 165 cm³/mol. The molecular formula is C33H34N4O7. The Kier molecular flexibility index (Phi) is 11.0. The summed E-state index contributed by atoms with van der Waals surface area (Å²) < 4.78 is 10.9. The maximum Gasteiger partial charge on any atom is 0.412 e. The van der Waals surface area contributed by atoms with E-state index in [-0.39, 0.29) is 42.5 Å². The van der Waals surface area contributed by atoms with Crippen LogP contribution in [0.1, 0.15) is 35.4 Å². The first-order valence-electron chi connectivity index (χ1n) is 14.1. The molecule has 44 heavy (non-hydrogen) atoms. The second-order valence-corrected chi connectivity index (χ2v) is 10.0. The molecule has 11 heteroatoms. The quantitative estimate of drug-likeness (QED) is 0.0911. The maximum atomic E-state index is 12.9. The molecule has 0 radical (unpaired) electrons. The van der Waals surface area contributed by atoms with Gasteiger partial charge in [-0.3, -0.25) is 14.9 Å². The lowest BCUT2D eigenvalue weighted by molar-refractivity contribution is -0.385. The van der Waals surface area contributed by atoms with Crippen LogP contribution in [-0.4, -0.2) is 48.6 Å². The smallest absolute Gasteiger partial charge is 0.412 e. The Morgan fingerprint density at radius 1 is 0.932 bits per heavy atom. The normalized spacial score (nSPS) is 12.3. The largest absolute Gasteiger partial charge is 0.449 e. The molecule has 228 valence electrons. The van der Waals surface area contributed by atoms with Gasteiger partial charge >= 0.3 is 12.2 Å². The van der Waals surface area contributed by atoms with Gasteiger partial charge in [0, 0.05) is 18.5 Å². The van der Waals surface area contributed by atoms with E-state index in [0.717, 1.165) is 22.3 Å². The number of carbonyl (C=O) groups is 3. The number of carbonyl (C=O) groups excluding carboxylic acids is 3. The van der Waals surface area contributed by atoms with E-state index < -0.39 is 35.5 Å². The number of fused-ring (bicyclic) bond motifs is 3. The van der Waals surface area contributed by atoms with Crippen LogP contribution >= 0.6 is 0 Å². The van der Waals surface area contributed by atoms with Gasteiger partial charge in [0.05, 0.1) is 23.1 Å². The average molecular weight is 599 g/mol. The van der Waals surface area contributed by atoms with Crippen molar-refractivity contribution in [3.8, 4) is 16.9 Å². The van der Waals surface area contributed by atoms with Gasteiger partial charge in [-0.2, -0.15) is 0 Å². The molecule has 1 aliphatic rings.